The highest BCUT2D eigenvalue weighted by atomic mass is 32.1. The molecule has 0 fully saturated rings. The van der Waals surface area contributed by atoms with Gasteiger partial charge in [0.2, 0.25) is 0 Å². The molecular weight excluding hydrogens is 185 g/mol. The van der Waals surface area contributed by atoms with E-state index >= 15 is 0 Å². The predicted octanol–water partition coefficient (Wildman–Crippen LogP) is 0.378. The van der Waals surface area contributed by atoms with E-state index in [1.54, 1.807) is 20.0 Å². The maximum absolute atomic E-state index is 10.6. The van der Waals surface area contributed by atoms with Crippen LogP contribution < -0.4 is 5.46 Å². The molecule has 0 aliphatic heterocycles. The average Bonchev–Trinajstić information content (AvgIpc) is 2.03. The molecule has 0 bridgehead atoms. The van der Waals surface area contributed by atoms with E-state index < -0.39 is 5.97 Å². The lowest BCUT2D eigenvalue weighted by molar-refractivity contribution is 0.0697. The predicted molar refractivity (Wildman–Crippen MR) is 56.3 cm³/mol. The zero-order valence-corrected chi connectivity index (χ0v) is 7.76. The number of nitrogens with zero attached hydrogens (tertiary/aromatic N) is 1. The molecule has 0 aromatic heterocycles. The van der Waals surface area contributed by atoms with Crippen molar-refractivity contribution in [2.75, 3.05) is 0 Å². The first-order chi connectivity index (χ1) is 6.13. The normalized spacial score (nSPS) is 8.92. The molecule has 3 nitrogen and oxygen atoms in total. The maximum atomic E-state index is 10.6. The molecule has 0 aliphatic carbocycles. The van der Waals surface area contributed by atoms with Crippen molar-refractivity contribution >= 4 is 42.3 Å². The smallest absolute Gasteiger partial charge is 0.335 e. The van der Waals surface area contributed by atoms with Crippen LogP contribution in [0.25, 0.3) is 0 Å². The van der Waals surface area contributed by atoms with Gasteiger partial charge in [-0.25, -0.2) is 4.79 Å². The average molecular weight is 191 g/mol. The van der Waals surface area contributed by atoms with Gasteiger partial charge < -0.3 is 5.11 Å². The quantitative estimate of drug-likeness (QED) is 0.417. The topological polar surface area (TPSA) is 49.7 Å². The first kappa shape index (κ1) is 9.64. The van der Waals surface area contributed by atoms with Crippen LogP contribution in [0.2, 0.25) is 0 Å². The Balaban J connectivity index is 3.26. The van der Waals surface area contributed by atoms with Gasteiger partial charge in [-0.05, 0) is 24.4 Å². The molecule has 0 saturated heterocycles. The van der Waals surface area contributed by atoms with Crippen molar-refractivity contribution in [1.82, 2.24) is 0 Å². The van der Waals surface area contributed by atoms with E-state index in [2.05, 4.69) is 22.4 Å². The van der Waals surface area contributed by atoms with Crippen LogP contribution in [0.1, 0.15) is 10.4 Å². The Morgan fingerprint density at radius 3 is 2.77 bits per heavy atom. The molecule has 1 N–H and O–H groups in total. The Kier molecular flexibility index (Phi) is 2.95. The summed E-state index contributed by atoms with van der Waals surface area (Å²) >= 11 is 4.42. The van der Waals surface area contributed by atoms with E-state index in [9.17, 15) is 4.79 Å². The zero-order valence-electron chi connectivity index (χ0n) is 6.94. The summed E-state index contributed by atoms with van der Waals surface area (Å²) in [5, 5.41) is 10.9. The van der Waals surface area contributed by atoms with Gasteiger partial charge in [-0.2, -0.15) is 4.99 Å². The number of benzene rings is 1. The van der Waals surface area contributed by atoms with Crippen molar-refractivity contribution in [3.63, 3.8) is 0 Å². The minimum atomic E-state index is -0.968. The molecule has 5 heteroatoms. The fraction of sp³-hybridized carbons (Fsp3) is 0. The second-order valence-electron chi connectivity index (χ2n) is 2.57. The minimum absolute atomic E-state index is 0.212. The Morgan fingerprint density at radius 1 is 1.54 bits per heavy atom. The summed E-state index contributed by atoms with van der Waals surface area (Å²) in [6.07, 6.45) is 0. The Labute approximate surface area is 81.5 Å². The first-order valence-corrected chi connectivity index (χ1v) is 3.97. The van der Waals surface area contributed by atoms with Crippen LogP contribution in [0.4, 0.5) is 5.69 Å². The van der Waals surface area contributed by atoms with E-state index in [1.165, 1.54) is 6.07 Å². The molecule has 0 saturated carbocycles. The van der Waals surface area contributed by atoms with Crippen molar-refractivity contribution in [3.05, 3.63) is 23.8 Å². The number of hydrogen-bond donors (Lipinski definition) is 1. The summed E-state index contributed by atoms with van der Waals surface area (Å²) in [5.74, 6) is -0.968. The zero-order chi connectivity index (χ0) is 9.84. The fourth-order valence-corrected chi connectivity index (χ4v) is 1.11. The highest BCUT2D eigenvalue weighted by molar-refractivity contribution is 7.78. The summed E-state index contributed by atoms with van der Waals surface area (Å²) in [6, 6.07) is 4.77. The van der Waals surface area contributed by atoms with Crippen LogP contribution in [-0.2, 0) is 0 Å². The van der Waals surface area contributed by atoms with E-state index in [0.29, 0.717) is 5.69 Å². The van der Waals surface area contributed by atoms with Gasteiger partial charge in [0, 0.05) is 0 Å². The molecule has 0 amide bonds. The van der Waals surface area contributed by atoms with Gasteiger partial charge in [-0.3, -0.25) is 0 Å². The molecule has 0 aliphatic rings. The SMILES string of the molecule is Bc1cc(N=C=S)cc(C(=O)O)c1. The fourth-order valence-electron chi connectivity index (χ4n) is 1.00. The van der Waals surface area contributed by atoms with Gasteiger partial charge in [0.25, 0.3) is 0 Å². The van der Waals surface area contributed by atoms with Gasteiger partial charge in [-0.1, -0.05) is 11.5 Å². The molecule has 0 radical (unpaired) electrons. The second-order valence-corrected chi connectivity index (χ2v) is 2.75. The number of aromatic carboxylic acids is 1. The summed E-state index contributed by atoms with van der Waals surface area (Å²) in [6.45, 7) is 0. The van der Waals surface area contributed by atoms with Gasteiger partial charge in [0.15, 0.2) is 0 Å². The number of aliphatic imine (C=N–C) groups is 1. The number of isothiocyanates is 1. The monoisotopic (exact) mass is 191 g/mol. The van der Waals surface area contributed by atoms with Crippen molar-refractivity contribution in [2.45, 2.75) is 0 Å². The number of carbonyl (C=O) groups is 1. The Morgan fingerprint density at radius 2 is 2.23 bits per heavy atom. The molecule has 0 heterocycles. The van der Waals surface area contributed by atoms with Crippen LogP contribution in [0.3, 0.4) is 0 Å². The van der Waals surface area contributed by atoms with E-state index in [0.717, 1.165) is 5.46 Å². The molecule has 13 heavy (non-hydrogen) atoms. The standard InChI is InChI=1S/C8H6BNO2S/c9-6-1-5(8(11)12)2-7(3-6)10-4-13/h1-3H,9H2,(H,11,12). The summed E-state index contributed by atoms with van der Waals surface area (Å²) in [5.41, 5.74) is 1.57. The summed E-state index contributed by atoms with van der Waals surface area (Å²) < 4.78 is 0. The molecule has 64 valence electrons. The van der Waals surface area contributed by atoms with Gasteiger partial charge in [-0.15, -0.1) is 0 Å². The lowest BCUT2D eigenvalue weighted by atomic mass is 9.94. The van der Waals surface area contributed by atoms with Crippen LogP contribution in [0.15, 0.2) is 23.2 Å². The molecule has 1 rings (SSSR count). The van der Waals surface area contributed by atoms with Crippen LogP contribution in [-0.4, -0.2) is 24.1 Å². The van der Waals surface area contributed by atoms with Crippen molar-refractivity contribution in [3.8, 4) is 0 Å². The molecular formula is C8H6BNO2S. The molecule has 0 spiro atoms. The van der Waals surface area contributed by atoms with Crippen LogP contribution in [0, 0.1) is 0 Å². The summed E-state index contributed by atoms with van der Waals surface area (Å²) in [7, 11) is 1.80. The number of carboxylic acid groups (broad SMARTS) is 1. The van der Waals surface area contributed by atoms with E-state index in [4.69, 9.17) is 5.11 Å². The lowest BCUT2D eigenvalue weighted by Gasteiger charge is -1.98. The largest absolute Gasteiger partial charge is 0.478 e. The third-order valence-corrected chi connectivity index (χ3v) is 1.58. The van der Waals surface area contributed by atoms with Crippen molar-refractivity contribution in [1.29, 1.82) is 0 Å². The number of hydrogen-bond acceptors (Lipinski definition) is 3. The summed E-state index contributed by atoms with van der Waals surface area (Å²) in [4.78, 5) is 14.3. The highest BCUT2D eigenvalue weighted by Gasteiger charge is 2.03. The highest BCUT2D eigenvalue weighted by Crippen LogP contribution is 2.11. The molecule has 0 unspecified atom stereocenters. The minimum Gasteiger partial charge on any atom is -0.478 e. The van der Waals surface area contributed by atoms with E-state index in [-0.39, 0.29) is 5.56 Å². The van der Waals surface area contributed by atoms with Crippen molar-refractivity contribution < 1.29 is 9.90 Å². The molecule has 1 aromatic rings. The first-order valence-electron chi connectivity index (χ1n) is 3.56. The maximum Gasteiger partial charge on any atom is 0.335 e. The number of rotatable bonds is 2. The Hall–Kier alpha value is -1.45. The van der Waals surface area contributed by atoms with Gasteiger partial charge >= 0.3 is 5.97 Å². The third-order valence-electron chi connectivity index (χ3n) is 1.48. The van der Waals surface area contributed by atoms with Crippen LogP contribution >= 0.6 is 12.2 Å². The molecule has 0 atom stereocenters. The van der Waals surface area contributed by atoms with E-state index in [1.807, 2.05) is 0 Å². The second kappa shape index (κ2) is 3.98. The molecule has 1 aromatic carbocycles. The lowest BCUT2D eigenvalue weighted by Crippen LogP contribution is -2.06. The van der Waals surface area contributed by atoms with Gasteiger partial charge in [0.1, 0.15) is 7.85 Å². The van der Waals surface area contributed by atoms with Crippen LogP contribution in [0.5, 0.6) is 0 Å². The van der Waals surface area contributed by atoms with Gasteiger partial charge in [0.05, 0.1) is 16.4 Å². The number of thiocarbonyl (C=S) groups is 1. The number of carboxylic acids is 1. The van der Waals surface area contributed by atoms with Crippen molar-refractivity contribution in [2.24, 2.45) is 4.99 Å². The third kappa shape index (κ3) is 2.51. The Bertz CT molecular complexity index is 379.